The smallest absolute Gasteiger partial charge is 0.234 e. The Morgan fingerprint density at radius 1 is 0.923 bits per heavy atom. The molecule has 0 aliphatic heterocycles. The Hall–Kier alpha value is -3.61. The number of fused-ring (bicyclic) bond motifs is 2. The van der Waals surface area contributed by atoms with Crippen molar-refractivity contribution in [2.24, 2.45) is 7.05 Å². The standard InChI is InChI=1S/C19H15N7/c1-12-5-3-6-13(22-12)17-18(26-10-4-9-20-19(26)24-17)14-7-8-16-15(23-14)11-21-25(16)2/h3-11H,1-2H3. The van der Waals surface area contributed by atoms with Crippen molar-refractivity contribution in [1.82, 2.24) is 34.1 Å². The summed E-state index contributed by atoms with van der Waals surface area (Å²) in [4.78, 5) is 18.5. The van der Waals surface area contributed by atoms with Crippen molar-refractivity contribution in [3.05, 3.63) is 60.7 Å². The number of nitrogens with zero attached hydrogens (tertiary/aromatic N) is 7. The molecule has 26 heavy (non-hydrogen) atoms. The summed E-state index contributed by atoms with van der Waals surface area (Å²) in [6, 6.07) is 11.8. The number of hydrogen-bond donors (Lipinski definition) is 0. The Balaban J connectivity index is 1.83. The van der Waals surface area contributed by atoms with Crippen LogP contribution in [0.25, 0.3) is 39.6 Å². The molecular formula is C19H15N7. The first kappa shape index (κ1) is 14.7. The van der Waals surface area contributed by atoms with E-state index in [1.54, 1.807) is 12.4 Å². The summed E-state index contributed by atoms with van der Waals surface area (Å²) in [7, 11) is 1.91. The van der Waals surface area contributed by atoms with Gasteiger partial charge in [-0.15, -0.1) is 0 Å². The highest BCUT2D eigenvalue weighted by Gasteiger charge is 2.19. The number of rotatable bonds is 2. The lowest BCUT2D eigenvalue weighted by atomic mass is 10.1. The van der Waals surface area contributed by atoms with Crippen LogP contribution >= 0.6 is 0 Å². The van der Waals surface area contributed by atoms with Gasteiger partial charge in [-0.3, -0.25) is 14.1 Å². The van der Waals surface area contributed by atoms with Crippen LogP contribution in [0.2, 0.25) is 0 Å². The van der Waals surface area contributed by atoms with E-state index in [2.05, 4.69) is 15.1 Å². The normalized spacial score (nSPS) is 11.5. The molecule has 0 atom stereocenters. The molecule has 0 unspecified atom stereocenters. The van der Waals surface area contributed by atoms with Gasteiger partial charge in [-0.05, 0) is 37.3 Å². The number of aryl methyl sites for hydroxylation is 2. The summed E-state index contributed by atoms with van der Waals surface area (Å²) >= 11 is 0. The third kappa shape index (κ3) is 2.17. The highest BCUT2D eigenvalue weighted by atomic mass is 15.3. The van der Waals surface area contributed by atoms with Crippen LogP contribution in [0.15, 0.2) is 55.0 Å². The van der Waals surface area contributed by atoms with E-state index in [0.717, 1.165) is 39.5 Å². The lowest BCUT2D eigenvalue weighted by Crippen LogP contribution is -1.95. The summed E-state index contributed by atoms with van der Waals surface area (Å²) < 4.78 is 3.76. The zero-order valence-electron chi connectivity index (χ0n) is 14.3. The second-order valence-corrected chi connectivity index (χ2v) is 6.13. The number of aromatic nitrogens is 7. The van der Waals surface area contributed by atoms with E-state index in [0.29, 0.717) is 5.78 Å². The van der Waals surface area contributed by atoms with Crippen molar-refractivity contribution in [3.63, 3.8) is 0 Å². The fourth-order valence-electron chi connectivity index (χ4n) is 3.16. The van der Waals surface area contributed by atoms with E-state index >= 15 is 0 Å². The predicted molar refractivity (Wildman–Crippen MR) is 98.5 cm³/mol. The van der Waals surface area contributed by atoms with Crippen molar-refractivity contribution in [1.29, 1.82) is 0 Å². The van der Waals surface area contributed by atoms with Gasteiger partial charge in [0, 0.05) is 25.1 Å². The van der Waals surface area contributed by atoms with Gasteiger partial charge in [-0.1, -0.05) is 6.07 Å². The summed E-state index contributed by atoms with van der Waals surface area (Å²) in [6.45, 7) is 1.97. The molecule has 5 rings (SSSR count). The van der Waals surface area contributed by atoms with Gasteiger partial charge in [0.15, 0.2) is 0 Å². The maximum absolute atomic E-state index is 4.80. The highest BCUT2D eigenvalue weighted by Crippen LogP contribution is 2.31. The third-order valence-electron chi connectivity index (χ3n) is 4.38. The highest BCUT2D eigenvalue weighted by molar-refractivity contribution is 5.83. The lowest BCUT2D eigenvalue weighted by molar-refractivity contribution is 0.797. The van der Waals surface area contributed by atoms with Crippen molar-refractivity contribution < 1.29 is 0 Å². The average Bonchev–Trinajstić information content (AvgIpc) is 3.22. The topological polar surface area (TPSA) is 73.8 Å². The van der Waals surface area contributed by atoms with E-state index in [9.17, 15) is 0 Å². The molecule has 0 spiro atoms. The van der Waals surface area contributed by atoms with Gasteiger partial charge in [0.05, 0.1) is 23.1 Å². The maximum Gasteiger partial charge on any atom is 0.234 e. The molecule has 0 aromatic carbocycles. The van der Waals surface area contributed by atoms with Crippen LogP contribution in [0.1, 0.15) is 5.69 Å². The molecule has 0 aliphatic carbocycles. The van der Waals surface area contributed by atoms with Crippen molar-refractivity contribution in [3.8, 4) is 22.8 Å². The fraction of sp³-hybridized carbons (Fsp3) is 0.105. The Morgan fingerprint density at radius 2 is 1.85 bits per heavy atom. The molecule has 0 saturated carbocycles. The van der Waals surface area contributed by atoms with Gasteiger partial charge in [0.2, 0.25) is 5.78 Å². The Kier molecular flexibility index (Phi) is 3.08. The molecule has 5 heterocycles. The van der Waals surface area contributed by atoms with Gasteiger partial charge < -0.3 is 0 Å². The molecule has 0 radical (unpaired) electrons. The largest absolute Gasteiger partial charge is 0.281 e. The van der Waals surface area contributed by atoms with Crippen LogP contribution in [-0.4, -0.2) is 34.1 Å². The quantitative estimate of drug-likeness (QED) is 0.493. The van der Waals surface area contributed by atoms with Crippen LogP contribution in [0.5, 0.6) is 0 Å². The fourth-order valence-corrected chi connectivity index (χ4v) is 3.16. The molecule has 0 aliphatic rings. The minimum Gasteiger partial charge on any atom is -0.281 e. The molecule has 5 aromatic heterocycles. The van der Waals surface area contributed by atoms with Gasteiger partial charge in [-0.25, -0.2) is 15.0 Å². The first-order valence-electron chi connectivity index (χ1n) is 8.27. The van der Waals surface area contributed by atoms with Crippen molar-refractivity contribution in [2.45, 2.75) is 6.92 Å². The first-order valence-corrected chi connectivity index (χ1v) is 8.27. The minimum absolute atomic E-state index is 0.619. The van der Waals surface area contributed by atoms with Crippen LogP contribution in [0.3, 0.4) is 0 Å². The molecule has 5 aromatic rings. The van der Waals surface area contributed by atoms with Gasteiger partial charge in [-0.2, -0.15) is 5.10 Å². The third-order valence-corrected chi connectivity index (χ3v) is 4.38. The summed E-state index contributed by atoms with van der Waals surface area (Å²) in [6.07, 6.45) is 5.45. The Labute approximate surface area is 149 Å². The second-order valence-electron chi connectivity index (χ2n) is 6.13. The number of hydrogen-bond acceptors (Lipinski definition) is 5. The summed E-state index contributed by atoms with van der Waals surface area (Å²) in [5.41, 5.74) is 6.01. The first-order chi connectivity index (χ1) is 12.7. The molecular weight excluding hydrogens is 326 g/mol. The zero-order valence-corrected chi connectivity index (χ0v) is 14.3. The molecule has 0 amide bonds. The number of pyridine rings is 2. The van der Waals surface area contributed by atoms with Crippen molar-refractivity contribution >= 4 is 16.8 Å². The van der Waals surface area contributed by atoms with Gasteiger partial charge in [0.1, 0.15) is 16.9 Å². The molecule has 0 fully saturated rings. The SMILES string of the molecule is Cc1cccc(-c2nc3ncccn3c2-c2ccc3c(cnn3C)n2)n1. The summed E-state index contributed by atoms with van der Waals surface area (Å²) in [5, 5.41) is 4.28. The zero-order chi connectivity index (χ0) is 17.7. The van der Waals surface area contributed by atoms with E-state index < -0.39 is 0 Å². The molecule has 7 nitrogen and oxygen atoms in total. The molecule has 126 valence electrons. The van der Waals surface area contributed by atoms with Crippen LogP contribution < -0.4 is 0 Å². The Bertz CT molecular complexity index is 1270. The van der Waals surface area contributed by atoms with Crippen LogP contribution in [0, 0.1) is 6.92 Å². The van der Waals surface area contributed by atoms with Crippen molar-refractivity contribution in [2.75, 3.05) is 0 Å². The summed E-state index contributed by atoms with van der Waals surface area (Å²) in [5.74, 6) is 0.619. The van der Waals surface area contributed by atoms with Gasteiger partial charge in [0.25, 0.3) is 0 Å². The molecule has 0 bridgehead atoms. The molecule has 0 saturated heterocycles. The van der Waals surface area contributed by atoms with Crippen LogP contribution in [0.4, 0.5) is 0 Å². The molecule has 7 heteroatoms. The Morgan fingerprint density at radius 3 is 2.73 bits per heavy atom. The van der Waals surface area contributed by atoms with Crippen LogP contribution in [-0.2, 0) is 7.05 Å². The average molecular weight is 341 g/mol. The monoisotopic (exact) mass is 341 g/mol. The van der Waals surface area contributed by atoms with E-state index in [1.165, 1.54) is 0 Å². The van der Waals surface area contributed by atoms with Gasteiger partial charge >= 0.3 is 0 Å². The minimum atomic E-state index is 0.619. The molecule has 0 N–H and O–H groups in total. The van der Waals surface area contributed by atoms with E-state index in [-0.39, 0.29) is 0 Å². The van der Waals surface area contributed by atoms with E-state index in [1.807, 2.05) is 65.6 Å². The lowest BCUT2D eigenvalue weighted by Gasteiger charge is -2.05. The second kappa shape index (κ2) is 5.45. The maximum atomic E-state index is 4.80. The van der Waals surface area contributed by atoms with E-state index in [4.69, 9.17) is 9.97 Å². The predicted octanol–water partition coefficient (Wildman–Crippen LogP) is 3.05. The number of imidazole rings is 1.